The predicted molar refractivity (Wildman–Crippen MR) is 155 cm³/mol. The molecule has 0 aromatic heterocycles. The van der Waals surface area contributed by atoms with Crippen LogP contribution >= 0.6 is 0 Å². The molecule has 0 saturated heterocycles. The van der Waals surface area contributed by atoms with Gasteiger partial charge in [0.1, 0.15) is 24.7 Å². The molecule has 46 heavy (non-hydrogen) atoms. The Bertz CT molecular complexity index is 1220. The van der Waals surface area contributed by atoms with Crippen molar-refractivity contribution in [1.82, 2.24) is 21.3 Å². The van der Waals surface area contributed by atoms with Gasteiger partial charge < -0.3 is 45.7 Å². The summed E-state index contributed by atoms with van der Waals surface area (Å²) in [6.07, 6.45) is -2.51. The van der Waals surface area contributed by atoms with Gasteiger partial charge in [0.25, 0.3) is 0 Å². The second-order valence-corrected chi connectivity index (χ2v) is 9.39. The van der Waals surface area contributed by atoms with E-state index in [0.29, 0.717) is 5.56 Å². The van der Waals surface area contributed by atoms with E-state index in [4.69, 9.17) is 24.8 Å². The number of hydrogen-bond donors (Lipinski definition) is 6. The molecule has 4 amide bonds. The predicted octanol–water partition coefficient (Wildman–Crippen LogP) is -0.997. The first-order chi connectivity index (χ1) is 21.9. The lowest BCUT2D eigenvalue weighted by Gasteiger charge is -2.24. The fraction of sp³-hybridized carbons (Fsp3) is 0.519. The van der Waals surface area contributed by atoms with Crippen LogP contribution in [-0.2, 0) is 54.4 Å². The van der Waals surface area contributed by atoms with Crippen molar-refractivity contribution in [3.05, 3.63) is 46.3 Å². The number of ether oxygens (including phenoxy) is 3. The Morgan fingerprint density at radius 2 is 1.33 bits per heavy atom. The van der Waals surface area contributed by atoms with Crippen LogP contribution in [0.4, 0.5) is 0 Å². The number of carbonyl (C=O) groups excluding carboxylic acids is 5. The highest BCUT2D eigenvalue weighted by Gasteiger charge is 2.32. The number of nitrogens with zero attached hydrogens (tertiary/aromatic N) is 3. The number of carboxylic acid groups (broad SMARTS) is 2. The summed E-state index contributed by atoms with van der Waals surface area (Å²) in [7, 11) is 0. The van der Waals surface area contributed by atoms with Crippen LogP contribution in [0.15, 0.2) is 35.4 Å². The highest BCUT2D eigenvalue weighted by Crippen LogP contribution is 2.06. The lowest BCUT2D eigenvalue weighted by molar-refractivity contribution is -0.148. The second-order valence-electron chi connectivity index (χ2n) is 9.39. The minimum Gasteiger partial charge on any atom is -0.481 e. The highest BCUT2D eigenvalue weighted by molar-refractivity contribution is 5.97. The Labute approximate surface area is 262 Å². The smallest absolute Gasteiger partial charge is 0.308 e. The van der Waals surface area contributed by atoms with Gasteiger partial charge in [-0.15, -0.1) is 0 Å². The minimum atomic E-state index is -1.76. The van der Waals surface area contributed by atoms with Gasteiger partial charge in [-0.2, -0.15) is 0 Å². The summed E-state index contributed by atoms with van der Waals surface area (Å²) < 4.78 is 15.6. The van der Waals surface area contributed by atoms with Crippen molar-refractivity contribution in [3.8, 4) is 0 Å². The Morgan fingerprint density at radius 1 is 0.783 bits per heavy atom. The molecule has 0 saturated carbocycles. The van der Waals surface area contributed by atoms with E-state index in [9.17, 15) is 38.7 Å². The highest BCUT2D eigenvalue weighted by atomic mass is 16.5. The first kappa shape index (κ1) is 38.8. The maximum Gasteiger partial charge on any atom is 0.308 e. The van der Waals surface area contributed by atoms with E-state index in [1.807, 2.05) is 0 Å². The van der Waals surface area contributed by atoms with Crippen LogP contribution in [0.3, 0.4) is 0 Å². The zero-order chi connectivity index (χ0) is 34.3. The Hall–Kier alpha value is -5.26. The van der Waals surface area contributed by atoms with Gasteiger partial charge in [-0.05, 0) is 11.1 Å². The number of benzene rings is 1. The van der Waals surface area contributed by atoms with Gasteiger partial charge in [0.05, 0.1) is 45.7 Å². The number of amides is 4. The lowest BCUT2D eigenvalue weighted by atomic mass is 10.1. The average molecular weight is 652 g/mol. The second kappa shape index (κ2) is 22.3. The summed E-state index contributed by atoms with van der Waals surface area (Å²) in [5.41, 5.74) is 8.81. The third-order valence-corrected chi connectivity index (χ3v) is 5.65. The van der Waals surface area contributed by atoms with E-state index in [-0.39, 0.29) is 46.1 Å². The number of esters is 1. The van der Waals surface area contributed by atoms with Gasteiger partial charge in [0.2, 0.25) is 23.6 Å². The van der Waals surface area contributed by atoms with Crippen LogP contribution in [0.25, 0.3) is 10.4 Å². The maximum atomic E-state index is 13.2. The van der Waals surface area contributed by atoms with Crippen LogP contribution in [0.2, 0.25) is 0 Å². The van der Waals surface area contributed by atoms with Gasteiger partial charge in [-0.1, -0.05) is 35.4 Å². The number of carboxylic acids is 2. The summed E-state index contributed by atoms with van der Waals surface area (Å²) in [6, 6.07) is 3.46. The number of azide groups is 1. The summed E-state index contributed by atoms with van der Waals surface area (Å²) in [6.45, 7) is 1.45. The van der Waals surface area contributed by atoms with Crippen molar-refractivity contribution in [2.45, 2.75) is 50.9 Å². The van der Waals surface area contributed by atoms with Gasteiger partial charge in [0, 0.05) is 24.9 Å². The number of aliphatic carboxylic acids is 2. The molecule has 0 aliphatic carbocycles. The Morgan fingerprint density at radius 3 is 1.87 bits per heavy atom. The molecule has 19 heteroatoms. The fourth-order valence-corrected chi connectivity index (χ4v) is 3.57. The van der Waals surface area contributed by atoms with E-state index in [2.05, 4.69) is 31.3 Å². The number of hydrogen-bond acceptors (Lipinski definition) is 11. The van der Waals surface area contributed by atoms with Crippen molar-refractivity contribution in [1.29, 1.82) is 0 Å². The lowest BCUT2D eigenvalue weighted by Crippen LogP contribution is -2.57. The van der Waals surface area contributed by atoms with E-state index in [1.54, 1.807) is 30.3 Å². The largest absolute Gasteiger partial charge is 0.481 e. The molecule has 19 nitrogen and oxygen atoms in total. The molecule has 0 aliphatic heterocycles. The van der Waals surface area contributed by atoms with E-state index < -0.39 is 78.9 Å². The molecule has 0 heterocycles. The van der Waals surface area contributed by atoms with E-state index in [1.165, 1.54) is 0 Å². The molecular formula is C27H37N7O12. The molecule has 1 aromatic carbocycles. The summed E-state index contributed by atoms with van der Waals surface area (Å²) in [5, 5.41) is 30.6. The third-order valence-electron chi connectivity index (χ3n) is 5.65. The van der Waals surface area contributed by atoms with Gasteiger partial charge >= 0.3 is 17.9 Å². The summed E-state index contributed by atoms with van der Waals surface area (Å²) in [5.74, 6) is -7.81. The molecular weight excluding hydrogens is 614 g/mol. The fourth-order valence-electron chi connectivity index (χ4n) is 3.57. The van der Waals surface area contributed by atoms with Crippen molar-refractivity contribution < 1.29 is 58.0 Å². The SMILES string of the molecule is CC(=O)N[C@@H](CC(=O)O)C(=O)N[C@H](CC(=O)OCc1ccccc1)C(=O)N[C@@H](CC(=O)O)C(=O)NCCOCCOCCN=[N+]=[N-]. The van der Waals surface area contributed by atoms with Gasteiger partial charge in [0.15, 0.2) is 0 Å². The molecule has 0 spiro atoms. The molecule has 6 N–H and O–H groups in total. The van der Waals surface area contributed by atoms with Crippen molar-refractivity contribution in [2.75, 3.05) is 39.5 Å². The molecule has 1 aromatic rings. The monoisotopic (exact) mass is 651 g/mol. The Balaban J connectivity index is 2.92. The van der Waals surface area contributed by atoms with Crippen molar-refractivity contribution >= 4 is 41.5 Å². The molecule has 0 bridgehead atoms. The standard InChI is InChI=1S/C27H37N7O12/c1-17(35)31-20(14-23(38)39)26(42)33-21(15-24(40)46-16-18-5-3-2-4-6-18)27(43)32-19(13-22(36)37)25(41)29-7-9-44-11-12-45-10-8-30-34-28/h2-6,19-21H,7-16H2,1H3,(H,29,41)(H,31,35)(H,32,43)(H,33,42)(H,36,37)(H,38,39)/t19-,20-,21+/m0/s1. The third kappa shape index (κ3) is 17.8. The topological polar surface area (TPSA) is 285 Å². The van der Waals surface area contributed by atoms with Crippen LogP contribution in [0, 0.1) is 0 Å². The zero-order valence-corrected chi connectivity index (χ0v) is 25.0. The number of carbonyl (C=O) groups is 7. The molecule has 1 rings (SSSR count). The van der Waals surface area contributed by atoms with E-state index >= 15 is 0 Å². The quantitative estimate of drug-likeness (QED) is 0.0273. The van der Waals surface area contributed by atoms with Crippen molar-refractivity contribution in [3.63, 3.8) is 0 Å². The molecule has 0 unspecified atom stereocenters. The van der Waals surface area contributed by atoms with Crippen LogP contribution < -0.4 is 21.3 Å². The summed E-state index contributed by atoms with van der Waals surface area (Å²) in [4.78, 5) is 88.2. The molecule has 0 radical (unpaired) electrons. The minimum absolute atomic E-state index is 0.000756. The number of nitrogens with one attached hydrogen (secondary N) is 4. The van der Waals surface area contributed by atoms with Gasteiger partial charge in [-0.25, -0.2) is 0 Å². The zero-order valence-electron chi connectivity index (χ0n) is 25.0. The van der Waals surface area contributed by atoms with Gasteiger partial charge in [-0.3, -0.25) is 33.6 Å². The normalized spacial score (nSPS) is 12.3. The van der Waals surface area contributed by atoms with E-state index in [0.717, 1.165) is 6.92 Å². The first-order valence-corrected chi connectivity index (χ1v) is 13.9. The van der Waals surface area contributed by atoms with Crippen LogP contribution in [-0.4, -0.2) is 109 Å². The maximum absolute atomic E-state index is 13.2. The van der Waals surface area contributed by atoms with Crippen LogP contribution in [0.5, 0.6) is 0 Å². The van der Waals surface area contributed by atoms with Crippen LogP contribution in [0.1, 0.15) is 31.7 Å². The number of rotatable bonds is 23. The molecule has 3 atom stereocenters. The van der Waals surface area contributed by atoms with Crippen molar-refractivity contribution in [2.24, 2.45) is 5.11 Å². The summed E-state index contributed by atoms with van der Waals surface area (Å²) >= 11 is 0. The first-order valence-electron chi connectivity index (χ1n) is 13.9. The Kier molecular flexibility index (Phi) is 18.8. The molecule has 252 valence electrons. The molecule has 0 aliphatic rings. The average Bonchev–Trinajstić information content (AvgIpc) is 2.99. The molecule has 0 fully saturated rings.